The summed E-state index contributed by atoms with van der Waals surface area (Å²) < 4.78 is 11.1. The molecule has 2 heterocycles. The van der Waals surface area contributed by atoms with Crippen molar-refractivity contribution in [2.45, 2.75) is 39.2 Å². The number of thiophene rings is 1. The van der Waals surface area contributed by atoms with Gasteiger partial charge in [-0.05, 0) is 49.8 Å². The third-order valence-corrected chi connectivity index (χ3v) is 6.62. The highest BCUT2D eigenvalue weighted by Crippen LogP contribution is 2.35. The lowest BCUT2D eigenvalue weighted by Crippen LogP contribution is -2.27. The van der Waals surface area contributed by atoms with E-state index < -0.39 is 0 Å². The van der Waals surface area contributed by atoms with E-state index in [0.29, 0.717) is 30.6 Å². The van der Waals surface area contributed by atoms with Crippen molar-refractivity contribution in [3.63, 3.8) is 0 Å². The number of methoxy groups -OCH3 is 1. The first-order valence-electron chi connectivity index (χ1n) is 10.1. The second-order valence-corrected chi connectivity index (χ2v) is 8.74. The molecule has 154 valence electrons. The number of ether oxygens (including phenoxy) is 2. The number of aryl methyl sites for hydroxylation is 1. The Hall–Kier alpha value is -2.38. The zero-order chi connectivity index (χ0) is 20.4. The SMILES string of the molecule is COc1ccccc1OCCN[C@@H](C)c1nc2sc3c(c2c(=O)[nH]1)CC[C@H](C)C3. The summed E-state index contributed by atoms with van der Waals surface area (Å²) in [5.41, 5.74) is 1.20. The summed E-state index contributed by atoms with van der Waals surface area (Å²) in [7, 11) is 1.63. The molecule has 0 fully saturated rings. The minimum Gasteiger partial charge on any atom is -0.493 e. The van der Waals surface area contributed by atoms with Gasteiger partial charge in [-0.25, -0.2) is 4.98 Å². The van der Waals surface area contributed by atoms with Crippen LogP contribution < -0.4 is 20.3 Å². The standard InChI is InChI=1S/C22H27N3O3S/c1-13-8-9-15-18(12-13)29-22-19(15)21(26)24-20(25-22)14(2)23-10-11-28-17-7-5-4-6-16(17)27-3/h4-7,13-14,23H,8-12H2,1-3H3,(H,24,25,26)/t13-,14-/m0/s1. The van der Waals surface area contributed by atoms with Crippen LogP contribution in [0.4, 0.5) is 0 Å². The average molecular weight is 414 g/mol. The van der Waals surface area contributed by atoms with Gasteiger partial charge in [0, 0.05) is 11.4 Å². The molecule has 1 aromatic carbocycles. The fraction of sp³-hybridized carbons (Fsp3) is 0.455. The van der Waals surface area contributed by atoms with Crippen LogP contribution >= 0.6 is 11.3 Å². The van der Waals surface area contributed by atoms with Crippen LogP contribution in [-0.4, -0.2) is 30.2 Å². The molecule has 0 radical (unpaired) electrons. The molecule has 2 N–H and O–H groups in total. The summed E-state index contributed by atoms with van der Waals surface area (Å²) in [6, 6.07) is 7.50. The van der Waals surface area contributed by atoms with Gasteiger partial charge >= 0.3 is 0 Å². The van der Waals surface area contributed by atoms with Gasteiger partial charge in [0.1, 0.15) is 17.3 Å². The molecule has 1 aliphatic carbocycles. The van der Waals surface area contributed by atoms with Crippen molar-refractivity contribution in [2.75, 3.05) is 20.3 Å². The van der Waals surface area contributed by atoms with Gasteiger partial charge in [-0.15, -0.1) is 11.3 Å². The van der Waals surface area contributed by atoms with Crippen molar-refractivity contribution >= 4 is 21.6 Å². The number of aromatic amines is 1. The number of para-hydroxylation sites is 2. The van der Waals surface area contributed by atoms with Crippen LogP contribution in [0.5, 0.6) is 11.5 Å². The van der Waals surface area contributed by atoms with Gasteiger partial charge in [-0.2, -0.15) is 0 Å². The largest absolute Gasteiger partial charge is 0.493 e. The van der Waals surface area contributed by atoms with Crippen LogP contribution in [0.3, 0.4) is 0 Å². The lowest BCUT2D eigenvalue weighted by molar-refractivity contribution is 0.287. The molecule has 0 aliphatic heterocycles. The van der Waals surface area contributed by atoms with E-state index in [0.717, 1.165) is 35.2 Å². The Kier molecular flexibility index (Phi) is 5.87. The molecule has 6 nitrogen and oxygen atoms in total. The Morgan fingerprint density at radius 3 is 2.93 bits per heavy atom. The topological polar surface area (TPSA) is 76.2 Å². The van der Waals surface area contributed by atoms with E-state index in [4.69, 9.17) is 14.5 Å². The first kappa shape index (κ1) is 19.9. The minimum absolute atomic E-state index is 0.0176. The normalized spacial score (nSPS) is 17.1. The number of H-pyrrole nitrogens is 1. The number of nitrogens with one attached hydrogen (secondary N) is 2. The molecule has 4 rings (SSSR count). The first-order valence-corrected chi connectivity index (χ1v) is 10.9. The van der Waals surface area contributed by atoms with Gasteiger partial charge in [0.2, 0.25) is 0 Å². The highest BCUT2D eigenvalue weighted by Gasteiger charge is 2.23. The molecular weight excluding hydrogens is 386 g/mol. The van der Waals surface area contributed by atoms with Crippen LogP contribution in [0.25, 0.3) is 10.2 Å². The molecule has 0 amide bonds. The summed E-state index contributed by atoms with van der Waals surface area (Å²) in [6.45, 7) is 5.39. The van der Waals surface area contributed by atoms with Crippen LogP contribution in [-0.2, 0) is 12.8 Å². The predicted molar refractivity (Wildman–Crippen MR) is 116 cm³/mol. The molecule has 29 heavy (non-hydrogen) atoms. The van der Waals surface area contributed by atoms with Crippen LogP contribution in [0, 0.1) is 5.92 Å². The zero-order valence-electron chi connectivity index (χ0n) is 17.1. The van der Waals surface area contributed by atoms with Crippen LogP contribution in [0.2, 0.25) is 0 Å². The smallest absolute Gasteiger partial charge is 0.259 e. The van der Waals surface area contributed by atoms with Gasteiger partial charge in [0.05, 0.1) is 18.5 Å². The first-order chi connectivity index (χ1) is 14.1. The van der Waals surface area contributed by atoms with Gasteiger partial charge in [0.15, 0.2) is 11.5 Å². The molecule has 0 spiro atoms. The third kappa shape index (κ3) is 4.16. The quantitative estimate of drug-likeness (QED) is 0.576. The van der Waals surface area contributed by atoms with E-state index >= 15 is 0 Å². The van der Waals surface area contributed by atoms with E-state index in [9.17, 15) is 4.79 Å². The Morgan fingerprint density at radius 2 is 2.14 bits per heavy atom. The Morgan fingerprint density at radius 1 is 1.34 bits per heavy atom. The highest BCUT2D eigenvalue weighted by molar-refractivity contribution is 7.18. The molecule has 3 aromatic rings. The van der Waals surface area contributed by atoms with Crippen molar-refractivity contribution in [1.82, 2.24) is 15.3 Å². The second-order valence-electron chi connectivity index (χ2n) is 7.66. The van der Waals surface area contributed by atoms with Crippen LogP contribution in [0.15, 0.2) is 29.1 Å². The maximum absolute atomic E-state index is 12.7. The molecule has 7 heteroatoms. The lowest BCUT2D eigenvalue weighted by atomic mass is 9.89. The fourth-order valence-corrected chi connectivity index (χ4v) is 5.23. The molecule has 0 unspecified atom stereocenters. The number of hydrogen-bond donors (Lipinski definition) is 2. The summed E-state index contributed by atoms with van der Waals surface area (Å²) in [5, 5.41) is 4.17. The lowest BCUT2D eigenvalue weighted by Gasteiger charge is -2.17. The van der Waals surface area contributed by atoms with Crippen molar-refractivity contribution in [3.05, 3.63) is 50.9 Å². The number of hydrogen-bond acceptors (Lipinski definition) is 6. The Labute approximate surface area is 174 Å². The molecule has 2 atom stereocenters. The molecule has 0 saturated carbocycles. The maximum Gasteiger partial charge on any atom is 0.259 e. The second kappa shape index (κ2) is 8.55. The number of nitrogens with zero attached hydrogens (tertiary/aromatic N) is 1. The van der Waals surface area contributed by atoms with E-state index in [2.05, 4.69) is 17.2 Å². The highest BCUT2D eigenvalue weighted by atomic mass is 32.1. The van der Waals surface area contributed by atoms with Gasteiger partial charge in [0.25, 0.3) is 5.56 Å². The van der Waals surface area contributed by atoms with Crippen molar-refractivity contribution < 1.29 is 9.47 Å². The molecule has 0 bridgehead atoms. The number of rotatable bonds is 7. The van der Waals surface area contributed by atoms with Gasteiger partial charge < -0.3 is 19.8 Å². The average Bonchev–Trinajstić information content (AvgIpc) is 3.09. The Bertz CT molecular complexity index is 1060. The van der Waals surface area contributed by atoms with E-state index in [1.165, 1.54) is 10.4 Å². The summed E-state index contributed by atoms with van der Waals surface area (Å²) in [4.78, 5) is 22.7. The van der Waals surface area contributed by atoms with Crippen molar-refractivity contribution in [1.29, 1.82) is 0 Å². The van der Waals surface area contributed by atoms with Crippen molar-refractivity contribution in [3.8, 4) is 11.5 Å². The van der Waals surface area contributed by atoms with Crippen LogP contribution in [0.1, 0.15) is 42.6 Å². The number of fused-ring (bicyclic) bond motifs is 3. The summed E-state index contributed by atoms with van der Waals surface area (Å²) >= 11 is 1.68. The van der Waals surface area contributed by atoms with Crippen molar-refractivity contribution in [2.24, 2.45) is 5.92 Å². The maximum atomic E-state index is 12.7. The van der Waals surface area contributed by atoms with E-state index in [1.54, 1.807) is 18.4 Å². The minimum atomic E-state index is -0.0774. The molecule has 1 aliphatic rings. The molecule has 0 saturated heterocycles. The molecule has 2 aromatic heterocycles. The van der Waals surface area contributed by atoms with E-state index in [-0.39, 0.29) is 11.6 Å². The fourth-order valence-electron chi connectivity index (χ4n) is 3.84. The number of aromatic nitrogens is 2. The monoisotopic (exact) mass is 413 g/mol. The molecular formula is C22H27N3O3S. The summed E-state index contributed by atoms with van der Waals surface area (Å²) in [6.07, 6.45) is 3.18. The van der Waals surface area contributed by atoms with Gasteiger partial charge in [-0.1, -0.05) is 19.1 Å². The Balaban J connectivity index is 1.42. The predicted octanol–water partition coefficient (Wildman–Crippen LogP) is 3.85. The van der Waals surface area contributed by atoms with E-state index in [1.807, 2.05) is 31.2 Å². The van der Waals surface area contributed by atoms with Gasteiger partial charge in [-0.3, -0.25) is 4.79 Å². The number of benzene rings is 1. The zero-order valence-corrected chi connectivity index (χ0v) is 17.9. The third-order valence-electron chi connectivity index (χ3n) is 5.47. The summed E-state index contributed by atoms with van der Waals surface area (Å²) in [5.74, 6) is 2.79.